The molecule has 4 rings (SSSR count). The van der Waals surface area contributed by atoms with E-state index in [9.17, 15) is 29.1 Å². The molecule has 4 amide bonds. The summed E-state index contributed by atoms with van der Waals surface area (Å²) >= 11 is 0. The van der Waals surface area contributed by atoms with E-state index in [1.54, 1.807) is 32.2 Å². The third-order valence-electron chi connectivity index (χ3n) is 9.05. The number of aromatic hydroxyl groups is 1. The van der Waals surface area contributed by atoms with Crippen LogP contribution in [0.15, 0.2) is 85.1 Å². The molecule has 13 heteroatoms. The molecule has 0 fully saturated rings. The summed E-state index contributed by atoms with van der Waals surface area (Å²) in [5, 5.41) is 21.8. The number of rotatable bonds is 20. The van der Waals surface area contributed by atoms with Gasteiger partial charge in [-0.1, -0.05) is 74.5 Å². The van der Waals surface area contributed by atoms with Crippen molar-refractivity contribution in [3.63, 3.8) is 0 Å². The Labute approximate surface area is 309 Å². The molecule has 5 atom stereocenters. The Morgan fingerprint density at radius 1 is 0.717 bits per heavy atom. The average Bonchev–Trinajstić information content (AvgIpc) is 3.56. The van der Waals surface area contributed by atoms with Gasteiger partial charge in [0.25, 0.3) is 0 Å². The normalized spacial score (nSPS) is 14.1. The van der Waals surface area contributed by atoms with Crippen molar-refractivity contribution >= 4 is 40.8 Å². The van der Waals surface area contributed by atoms with Gasteiger partial charge in [0, 0.05) is 29.9 Å². The number of carbonyl (C=O) groups excluding carboxylic acids is 5. The fraction of sp³-hybridized carbons (Fsp3) is 0.375. The van der Waals surface area contributed by atoms with Gasteiger partial charge in [-0.15, -0.1) is 0 Å². The molecular weight excluding hydrogens is 674 g/mol. The summed E-state index contributed by atoms with van der Waals surface area (Å²) in [6.07, 6.45) is 5.28. The van der Waals surface area contributed by atoms with E-state index in [-0.39, 0.29) is 37.4 Å². The van der Waals surface area contributed by atoms with Crippen LogP contribution in [0.3, 0.4) is 0 Å². The molecule has 1 aromatic heterocycles. The lowest BCUT2D eigenvalue weighted by molar-refractivity contribution is -0.134. The van der Waals surface area contributed by atoms with Crippen molar-refractivity contribution in [2.45, 2.75) is 82.6 Å². The lowest BCUT2D eigenvalue weighted by atomic mass is 10.00. The molecule has 1 radical (unpaired) electrons. The van der Waals surface area contributed by atoms with Crippen molar-refractivity contribution in [1.29, 1.82) is 0 Å². The number of nitrogens with two attached hydrogens (primary N) is 2. The molecule has 0 saturated heterocycles. The molecule has 0 saturated carbocycles. The zero-order valence-electron chi connectivity index (χ0n) is 30.1. The van der Waals surface area contributed by atoms with Gasteiger partial charge in [-0.25, -0.2) is 0 Å². The minimum Gasteiger partial charge on any atom is -0.508 e. The first-order valence-corrected chi connectivity index (χ1v) is 17.9. The molecule has 0 bridgehead atoms. The van der Waals surface area contributed by atoms with Gasteiger partial charge in [-0.3, -0.25) is 24.0 Å². The van der Waals surface area contributed by atoms with Crippen LogP contribution in [-0.4, -0.2) is 76.8 Å². The fourth-order valence-electron chi connectivity index (χ4n) is 5.94. The molecule has 1 heterocycles. The third kappa shape index (κ3) is 12.0. The molecule has 0 aliphatic heterocycles. The Kier molecular flexibility index (Phi) is 15.1. The van der Waals surface area contributed by atoms with Crippen LogP contribution in [0.5, 0.6) is 5.75 Å². The van der Waals surface area contributed by atoms with Crippen molar-refractivity contribution in [3.8, 4) is 5.75 Å². The molecule has 0 aliphatic carbocycles. The van der Waals surface area contributed by atoms with Gasteiger partial charge in [0.2, 0.25) is 29.9 Å². The number of aromatic amines is 1. The van der Waals surface area contributed by atoms with Crippen molar-refractivity contribution in [2.24, 2.45) is 17.4 Å². The first kappa shape index (κ1) is 40.2. The maximum Gasteiger partial charge on any atom is 0.243 e. The largest absolute Gasteiger partial charge is 0.508 e. The summed E-state index contributed by atoms with van der Waals surface area (Å²) in [7, 11) is 0. The second-order valence-corrected chi connectivity index (χ2v) is 13.5. The standard InChI is InChI=1S/C40H50N7O6/c1-25(2)36(24-48)47-38(51)33(14-8-9-19-41)44-40(53)35(22-28-23-43-32-13-7-6-12-30(28)32)46-39(52)34(21-27-15-17-29(49)18-16-27)45-37(50)31(42)20-26-10-4-3-5-11-26/h3-7,10-13,15-18,23,25,31,33-36,43,49H,8-9,14,19-22,41-42H2,1-2H3,(H,44,53)(H,45,50)(H,46,52)(H,47,51)/t31-,33-,34-,35+,36+/m0/s1. The Balaban J connectivity index is 1.62. The van der Waals surface area contributed by atoms with Crippen molar-refractivity contribution in [3.05, 3.63) is 102 Å². The highest BCUT2D eigenvalue weighted by Crippen LogP contribution is 2.20. The summed E-state index contributed by atoms with van der Waals surface area (Å²) in [5.74, 6) is -2.60. The van der Waals surface area contributed by atoms with E-state index < -0.39 is 53.8 Å². The monoisotopic (exact) mass is 724 g/mol. The molecule has 0 unspecified atom stereocenters. The number of H-pyrrole nitrogens is 1. The van der Waals surface area contributed by atoms with Gasteiger partial charge < -0.3 is 42.8 Å². The van der Waals surface area contributed by atoms with Crippen LogP contribution in [-0.2, 0) is 43.2 Å². The van der Waals surface area contributed by atoms with Crippen molar-refractivity contribution < 1.29 is 29.1 Å². The van der Waals surface area contributed by atoms with E-state index in [2.05, 4.69) is 26.3 Å². The lowest BCUT2D eigenvalue weighted by Gasteiger charge is -2.27. The number of aromatic nitrogens is 1. The number of para-hydroxylation sites is 1. The van der Waals surface area contributed by atoms with Gasteiger partial charge >= 0.3 is 0 Å². The number of carbonyl (C=O) groups is 4. The highest BCUT2D eigenvalue weighted by Gasteiger charge is 2.32. The molecule has 10 N–H and O–H groups in total. The van der Waals surface area contributed by atoms with E-state index in [1.807, 2.05) is 60.9 Å². The van der Waals surface area contributed by atoms with Crippen molar-refractivity contribution in [2.75, 3.05) is 6.54 Å². The molecule has 0 aliphatic rings. The number of hydrogen-bond acceptors (Lipinski definition) is 8. The number of amides is 4. The Bertz CT molecular complexity index is 1810. The summed E-state index contributed by atoms with van der Waals surface area (Å²) < 4.78 is 0. The number of phenolic OH excluding ortho intramolecular Hbond substituents is 1. The fourth-order valence-corrected chi connectivity index (χ4v) is 5.94. The molecule has 281 valence electrons. The molecule has 13 nitrogen and oxygen atoms in total. The maximum atomic E-state index is 14.2. The lowest BCUT2D eigenvalue weighted by Crippen LogP contribution is -2.59. The Hall–Kier alpha value is -5.53. The van der Waals surface area contributed by atoms with Crippen LogP contribution in [0.2, 0.25) is 0 Å². The highest BCUT2D eigenvalue weighted by atomic mass is 16.3. The van der Waals surface area contributed by atoms with Crippen LogP contribution in [0, 0.1) is 5.92 Å². The number of nitrogens with one attached hydrogen (secondary N) is 5. The van der Waals surface area contributed by atoms with Crippen LogP contribution in [0.25, 0.3) is 10.9 Å². The Morgan fingerprint density at radius 3 is 1.96 bits per heavy atom. The van der Waals surface area contributed by atoms with E-state index >= 15 is 0 Å². The summed E-state index contributed by atoms with van der Waals surface area (Å²) in [5.41, 5.74) is 15.0. The molecule has 4 aromatic rings. The number of phenols is 1. The first-order valence-electron chi connectivity index (χ1n) is 17.9. The minimum atomic E-state index is -1.19. The van der Waals surface area contributed by atoms with E-state index in [4.69, 9.17) is 11.5 Å². The summed E-state index contributed by atoms with van der Waals surface area (Å²) in [4.78, 5) is 70.0. The van der Waals surface area contributed by atoms with Crippen LogP contribution < -0.4 is 32.7 Å². The summed E-state index contributed by atoms with van der Waals surface area (Å²) in [6, 6.07) is 17.8. The third-order valence-corrected chi connectivity index (χ3v) is 9.05. The summed E-state index contributed by atoms with van der Waals surface area (Å²) in [6.45, 7) is 3.93. The van der Waals surface area contributed by atoms with Gasteiger partial charge in [0.05, 0.1) is 12.1 Å². The van der Waals surface area contributed by atoms with Crippen LogP contribution in [0.4, 0.5) is 0 Å². The number of fused-ring (bicyclic) bond motifs is 1. The molecule has 3 aromatic carbocycles. The molecule has 53 heavy (non-hydrogen) atoms. The van der Waals surface area contributed by atoms with Gasteiger partial charge in [0.1, 0.15) is 23.9 Å². The van der Waals surface area contributed by atoms with E-state index in [0.717, 1.165) is 22.0 Å². The van der Waals surface area contributed by atoms with Gasteiger partial charge in [-0.05, 0) is 73.0 Å². The second-order valence-electron chi connectivity index (χ2n) is 13.5. The number of benzene rings is 3. The second kappa shape index (κ2) is 19.9. The molecule has 0 spiro atoms. The smallest absolute Gasteiger partial charge is 0.243 e. The predicted molar refractivity (Wildman–Crippen MR) is 203 cm³/mol. The molecular formula is C40H50N7O6. The van der Waals surface area contributed by atoms with Crippen molar-refractivity contribution in [1.82, 2.24) is 26.3 Å². The van der Waals surface area contributed by atoms with Crippen LogP contribution >= 0.6 is 0 Å². The first-order chi connectivity index (χ1) is 25.5. The zero-order valence-corrected chi connectivity index (χ0v) is 30.1. The van der Waals surface area contributed by atoms with Crippen LogP contribution in [0.1, 0.15) is 49.8 Å². The van der Waals surface area contributed by atoms with E-state index in [1.165, 1.54) is 12.1 Å². The minimum absolute atomic E-state index is 0.0280. The number of unbranched alkanes of at least 4 members (excludes halogenated alkanes) is 1. The van der Waals surface area contributed by atoms with Gasteiger partial charge in [0.15, 0.2) is 0 Å². The highest BCUT2D eigenvalue weighted by molar-refractivity contribution is 5.96. The predicted octanol–water partition coefficient (Wildman–Crippen LogP) is 2.06. The average molecular weight is 725 g/mol. The van der Waals surface area contributed by atoms with E-state index in [0.29, 0.717) is 24.9 Å². The SMILES string of the molecule is CC(C)[C@@H]([C]=O)NC(=O)[C@H](CCCCN)NC(=O)[C@@H](Cc1c[nH]c2ccccc12)NC(=O)[C@H](Cc1ccc(O)cc1)NC(=O)[C@@H](N)Cc1ccccc1. The van der Waals surface area contributed by atoms with Gasteiger partial charge in [-0.2, -0.15) is 0 Å². The maximum absolute atomic E-state index is 14.2. The topological polar surface area (TPSA) is 222 Å². The number of hydrogen-bond donors (Lipinski definition) is 8. The quantitative estimate of drug-likeness (QED) is 0.0629. The zero-order chi connectivity index (χ0) is 38.3. The Morgan fingerprint density at radius 2 is 1.30 bits per heavy atom.